The average molecular weight is 307 g/mol. The fraction of sp³-hybridized carbons (Fsp3) is 0.933. The molecule has 0 bridgehead atoms. The van der Waals surface area contributed by atoms with Crippen LogP contribution in [0, 0.1) is 0 Å². The van der Waals surface area contributed by atoms with Gasteiger partial charge in [0.25, 0.3) is 0 Å². The average Bonchev–Trinajstić information content (AvgIpc) is 2.40. The monoisotopic (exact) mass is 306 g/mol. The summed E-state index contributed by atoms with van der Waals surface area (Å²) in [5, 5.41) is -0.153. The standard InChI is InChI=1S/C15H30O2S2/c1-3-5-6-7-8-9-10-11-12-13-14-18-19-15(16)17-4-2/h3-14H2,1-2H3. The van der Waals surface area contributed by atoms with Gasteiger partial charge in [0, 0.05) is 16.5 Å². The lowest BCUT2D eigenvalue weighted by Crippen LogP contribution is -1.93. The van der Waals surface area contributed by atoms with E-state index >= 15 is 0 Å². The lowest BCUT2D eigenvalue weighted by Gasteiger charge is -2.02. The minimum Gasteiger partial charge on any atom is -0.457 e. The zero-order chi connectivity index (χ0) is 14.2. The van der Waals surface area contributed by atoms with Gasteiger partial charge in [0.1, 0.15) is 0 Å². The van der Waals surface area contributed by atoms with E-state index in [4.69, 9.17) is 4.74 Å². The SMILES string of the molecule is CCCCCCCCCCCCSSC(=O)OCC. The Hall–Kier alpha value is 0.170. The molecular formula is C15H30O2S2. The normalized spacial score (nSPS) is 10.6. The summed E-state index contributed by atoms with van der Waals surface area (Å²) in [5.41, 5.74) is 0. The molecule has 0 spiro atoms. The molecular weight excluding hydrogens is 276 g/mol. The van der Waals surface area contributed by atoms with Crippen molar-refractivity contribution in [3.63, 3.8) is 0 Å². The van der Waals surface area contributed by atoms with Gasteiger partial charge in [0.2, 0.25) is 0 Å². The Labute approximate surface area is 127 Å². The van der Waals surface area contributed by atoms with Gasteiger partial charge >= 0.3 is 5.30 Å². The smallest absolute Gasteiger partial charge is 0.378 e. The zero-order valence-electron chi connectivity index (χ0n) is 12.6. The molecule has 0 aliphatic rings. The van der Waals surface area contributed by atoms with E-state index in [9.17, 15) is 4.79 Å². The van der Waals surface area contributed by atoms with E-state index in [0.717, 1.165) is 5.75 Å². The van der Waals surface area contributed by atoms with Gasteiger partial charge in [-0.05, 0) is 13.3 Å². The van der Waals surface area contributed by atoms with Gasteiger partial charge in [-0.2, -0.15) is 0 Å². The molecule has 0 aromatic carbocycles. The van der Waals surface area contributed by atoms with Crippen molar-refractivity contribution < 1.29 is 9.53 Å². The Balaban J connectivity index is 3.01. The summed E-state index contributed by atoms with van der Waals surface area (Å²) >= 11 is 0. The molecule has 0 radical (unpaired) electrons. The minimum absolute atomic E-state index is 0.153. The molecule has 0 fully saturated rings. The highest BCUT2D eigenvalue weighted by Gasteiger charge is 2.02. The second kappa shape index (κ2) is 16.2. The van der Waals surface area contributed by atoms with Crippen LogP contribution in [0.3, 0.4) is 0 Å². The summed E-state index contributed by atoms with van der Waals surface area (Å²) in [7, 11) is 2.86. The quantitative estimate of drug-likeness (QED) is 0.222. The Morgan fingerprint density at radius 1 is 0.842 bits per heavy atom. The Bertz CT molecular complexity index is 199. The van der Waals surface area contributed by atoms with Crippen LogP contribution < -0.4 is 0 Å². The third-order valence-corrected chi connectivity index (χ3v) is 5.06. The van der Waals surface area contributed by atoms with E-state index in [2.05, 4.69) is 6.92 Å². The Kier molecular flexibility index (Phi) is 16.4. The molecule has 4 heteroatoms. The molecule has 0 rings (SSSR count). The van der Waals surface area contributed by atoms with Crippen molar-refractivity contribution in [3.8, 4) is 0 Å². The molecule has 2 nitrogen and oxygen atoms in total. The summed E-state index contributed by atoms with van der Waals surface area (Å²) in [5.74, 6) is 1.06. The lowest BCUT2D eigenvalue weighted by atomic mass is 10.1. The molecule has 0 aliphatic carbocycles. The summed E-state index contributed by atoms with van der Waals surface area (Å²) < 4.78 is 4.84. The molecule has 0 heterocycles. The van der Waals surface area contributed by atoms with Crippen LogP contribution in [0.25, 0.3) is 0 Å². The van der Waals surface area contributed by atoms with Gasteiger partial charge < -0.3 is 4.74 Å². The van der Waals surface area contributed by atoms with Crippen molar-refractivity contribution in [2.45, 2.75) is 78.1 Å². The highest BCUT2D eigenvalue weighted by molar-refractivity contribution is 8.82. The minimum atomic E-state index is -0.153. The van der Waals surface area contributed by atoms with Crippen LogP contribution in [0.5, 0.6) is 0 Å². The van der Waals surface area contributed by atoms with Crippen LogP contribution in [0.15, 0.2) is 0 Å². The molecule has 0 atom stereocenters. The van der Waals surface area contributed by atoms with Crippen molar-refractivity contribution >= 4 is 26.9 Å². The first-order valence-corrected chi connectivity index (χ1v) is 10.1. The predicted octanol–water partition coefficient (Wildman–Crippen LogP) is 6.45. The molecule has 114 valence electrons. The van der Waals surface area contributed by atoms with Crippen molar-refractivity contribution in [2.75, 3.05) is 12.4 Å². The van der Waals surface area contributed by atoms with E-state index < -0.39 is 0 Å². The zero-order valence-corrected chi connectivity index (χ0v) is 14.3. The van der Waals surface area contributed by atoms with Crippen LogP contribution in [0.2, 0.25) is 0 Å². The Morgan fingerprint density at radius 3 is 1.89 bits per heavy atom. The number of carbonyl (C=O) groups excluding carboxylic acids is 1. The first kappa shape index (κ1) is 19.2. The van der Waals surface area contributed by atoms with E-state index in [1.165, 1.54) is 75.0 Å². The van der Waals surface area contributed by atoms with Crippen LogP contribution in [-0.2, 0) is 4.74 Å². The van der Waals surface area contributed by atoms with E-state index in [-0.39, 0.29) is 5.30 Å². The second-order valence-electron chi connectivity index (χ2n) is 4.77. The fourth-order valence-electron chi connectivity index (χ4n) is 1.88. The van der Waals surface area contributed by atoms with Crippen LogP contribution in [0.4, 0.5) is 4.79 Å². The highest BCUT2D eigenvalue weighted by atomic mass is 33.1. The Morgan fingerprint density at radius 2 is 1.37 bits per heavy atom. The maximum absolute atomic E-state index is 11.0. The van der Waals surface area contributed by atoms with Gasteiger partial charge in [-0.3, -0.25) is 0 Å². The van der Waals surface area contributed by atoms with Gasteiger partial charge in [-0.1, -0.05) is 75.5 Å². The van der Waals surface area contributed by atoms with E-state index in [0.29, 0.717) is 6.61 Å². The number of carbonyl (C=O) groups is 1. The van der Waals surface area contributed by atoms with Crippen LogP contribution in [-0.4, -0.2) is 17.7 Å². The topological polar surface area (TPSA) is 26.3 Å². The van der Waals surface area contributed by atoms with Crippen molar-refractivity contribution in [1.82, 2.24) is 0 Å². The van der Waals surface area contributed by atoms with Crippen molar-refractivity contribution in [1.29, 1.82) is 0 Å². The fourth-order valence-corrected chi connectivity index (χ4v) is 3.58. The molecule has 0 saturated heterocycles. The molecule has 0 aromatic rings. The third kappa shape index (κ3) is 16.1. The van der Waals surface area contributed by atoms with E-state index in [1.807, 2.05) is 6.92 Å². The first-order chi connectivity index (χ1) is 9.31. The molecule has 0 aromatic heterocycles. The summed E-state index contributed by atoms with van der Waals surface area (Å²) in [6.07, 6.45) is 13.6. The van der Waals surface area contributed by atoms with Crippen LogP contribution in [0.1, 0.15) is 78.1 Å². The molecule has 19 heavy (non-hydrogen) atoms. The summed E-state index contributed by atoms with van der Waals surface area (Å²) in [6.45, 7) is 4.58. The van der Waals surface area contributed by atoms with Gasteiger partial charge in [0.15, 0.2) is 0 Å². The third-order valence-electron chi connectivity index (χ3n) is 2.97. The number of rotatable bonds is 13. The highest BCUT2D eigenvalue weighted by Crippen LogP contribution is 2.25. The summed E-state index contributed by atoms with van der Waals surface area (Å²) in [4.78, 5) is 11.0. The first-order valence-electron chi connectivity index (χ1n) is 7.77. The molecule has 0 aliphatic heterocycles. The predicted molar refractivity (Wildman–Crippen MR) is 88.9 cm³/mol. The van der Waals surface area contributed by atoms with E-state index in [1.54, 1.807) is 10.8 Å². The van der Waals surface area contributed by atoms with Gasteiger partial charge in [0.05, 0.1) is 6.61 Å². The number of ether oxygens (including phenoxy) is 1. The van der Waals surface area contributed by atoms with Crippen LogP contribution >= 0.6 is 21.6 Å². The summed E-state index contributed by atoms with van der Waals surface area (Å²) in [6, 6.07) is 0. The molecule has 0 saturated carbocycles. The maximum Gasteiger partial charge on any atom is 0.378 e. The van der Waals surface area contributed by atoms with Crippen molar-refractivity contribution in [3.05, 3.63) is 0 Å². The number of hydrogen-bond donors (Lipinski definition) is 0. The van der Waals surface area contributed by atoms with Crippen molar-refractivity contribution in [2.24, 2.45) is 0 Å². The number of unbranched alkanes of at least 4 members (excludes halogenated alkanes) is 9. The van der Waals surface area contributed by atoms with Gasteiger partial charge in [-0.15, -0.1) is 0 Å². The largest absolute Gasteiger partial charge is 0.457 e. The molecule has 0 N–H and O–H groups in total. The molecule has 0 unspecified atom stereocenters. The lowest BCUT2D eigenvalue weighted by molar-refractivity contribution is 0.182. The second-order valence-corrected chi connectivity index (χ2v) is 7.12. The number of hydrogen-bond acceptors (Lipinski definition) is 4. The maximum atomic E-state index is 11.0. The van der Waals surface area contributed by atoms with Gasteiger partial charge in [-0.25, -0.2) is 4.79 Å². The molecule has 0 amide bonds.